The predicted octanol–water partition coefficient (Wildman–Crippen LogP) is 5.77. The minimum Gasteiger partial charge on any atom is -0.422 e. The van der Waals surface area contributed by atoms with E-state index in [1.54, 1.807) is 11.0 Å². The number of rotatable bonds is 14. The van der Waals surface area contributed by atoms with Gasteiger partial charge in [-0.25, -0.2) is 4.79 Å². The van der Waals surface area contributed by atoms with Crippen molar-refractivity contribution in [2.75, 3.05) is 36.0 Å². The first-order valence-corrected chi connectivity index (χ1v) is 16.7. The third-order valence-corrected chi connectivity index (χ3v) is 8.52. The Kier molecular flexibility index (Phi) is 11.7. The van der Waals surface area contributed by atoms with Crippen molar-refractivity contribution in [2.45, 2.75) is 58.9 Å². The summed E-state index contributed by atoms with van der Waals surface area (Å²) < 4.78 is 5.47. The van der Waals surface area contributed by atoms with Crippen LogP contribution in [0, 0.1) is 11.8 Å². The van der Waals surface area contributed by atoms with E-state index < -0.39 is 11.5 Å². The van der Waals surface area contributed by atoms with Gasteiger partial charge in [-0.05, 0) is 81.5 Å². The summed E-state index contributed by atoms with van der Waals surface area (Å²) >= 11 is 0. The van der Waals surface area contributed by atoms with E-state index >= 15 is 0 Å². The van der Waals surface area contributed by atoms with Gasteiger partial charge >= 0.3 is 5.63 Å². The molecule has 0 radical (unpaired) electrons. The molecule has 4 aromatic rings. The van der Waals surface area contributed by atoms with Crippen LogP contribution in [-0.4, -0.2) is 43.9 Å². The van der Waals surface area contributed by atoms with Gasteiger partial charge in [0.15, 0.2) is 0 Å². The molecule has 248 valence electrons. The highest BCUT2D eigenvalue weighted by molar-refractivity contribution is 5.97. The van der Waals surface area contributed by atoms with Crippen molar-refractivity contribution in [1.82, 2.24) is 10.6 Å². The molecule has 1 aromatic heterocycles. The van der Waals surface area contributed by atoms with Gasteiger partial charge in [0.05, 0.1) is 12.2 Å². The number of hydrogen-bond donors (Lipinski definition) is 2. The predicted molar refractivity (Wildman–Crippen MR) is 189 cm³/mol. The first-order chi connectivity index (χ1) is 23.4. The SMILES string of the molecule is CCN(CC)c1ccc2cc(C(=O)NCCCCNC(=O)CCCCC(=O)N3Cc4ccccc4C#Cc4ccccc43)c(=O)oc2c1. The number of hydrogen-bond acceptors (Lipinski definition) is 6. The first kappa shape index (κ1) is 34.0. The molecule has 0 bridgehead atoms. The summed E-state index contributed by atoms with van der Waals surface area (Å²) in [4.78, 5) is 54.9. The van der Waals surface area contributed by atoms with E-state index in [4.69, 9.17) is 4.42 Å². The second-order valence-electron chi connectivity index (χ2n) is 11.8. The van der Waals surface area contributed by atoms with Crippen LogP contribution >= 0.6 is 0 Å². The van der Waals surface area contributed by atoms with Crippen molar-refractivity contribution in [2.24, 2.45) is 0 Å². The van der Waals surface area contributed by atoms with Gasteiger partial charge in [0.2, 0.25) is 11.8 Å². The average molecular weight is 647 g/mol. The topological polar surface area (TPSA) is 112 Å². The van der Waals surface area contributed by atoms with E-state index in [0.29, 0.717) is 69.1 Å². The molecular formula is C39H42N4O5. The molecule has 0 aliphatic carbocycles. The second kappa shape index (κ2) is 16.5. The third kappa shape index (κ3) is 8.51. The summed E-state index contributed by atoms with van der Waals surface area (Å²) in [5.74, 6) is 5.91. The summed E-state index contributed by atoms with van der Waals surface area (Å²) in [6, 6.07) is 22.8. The van der Waals surface area contributed by atoms with Gasteiger partial charge in [-0.3, -0.25) is 14.4 Å². The molecule has 3 amide bonds. The van der Waals surface area contributed by atoms with Gasteiger partial charge in [0.1, 0.15) is 11.1 Å². The van der Waals surface area contributed by atoms with Crippen LogP contribution in [-0.2, 0) is 16.1 Å². The molecule has 1 aliphatic rings. The number of fused-ring (bicyclic) bond motifs is 3. The van der Waals surface area contributed by atoms with Crippen LogP contribution < -0.4 is 26.1 Å². The average Bonchev–Trinajstić information content (AvgIpc) is 3.09. The van der Waals surface area contributed by atoms with Crippen molar-refractivity contribution >= 4 is 40.1 Å². The number of unbranched alkanes of at least 4 members (excludes halogenated alkanes) is 2. The quantitative estimate of drug-likeness (QED) is 0.102. The van der Waals surface area contributed by atoms with Crippen LogP contribution in [0.5, 0.6) is 0 Å². The minimum absolute atomic E-state index is 0.00861. The summed E-state index contributed by atoms with van der Waals surface area (Å²) in [6.07, 6.45) is 3.18. The number of carbonyl (C=O) groups is 3. The molecule has 48 heavy (non-hydrogen) atoms. The monoisotopic (exact) mass is 646 g/mol. The highest BCUT2D eigenvalue weighted by atomic mass is 16.4. The van der Waals surface area contributed by atoms with Crippen molar-refractivity contribution in [1.29, 1.82) is 0 Å². The van der Waals surface area contributed by atoms with E-state index in [1.807, 2.05) is 66.7 Å². The maximum Gasteiger partial charge on any atom is 0.349 e. The maximum absolute atomic E-state index is 13.3. The fraction of sp³-hybridized carbons (Fsp3) is 0.333. The minimum atomic E-state index is -0.669. The van der Waals surface area contributed by atoms with Gasteiger partial charge in [-0.2, -0.15) is 0 Å². The highest BCUT2D eigenvalue weighted by Gasteiger charge is 2.21. The standard InChI is InChI=1S/C39H42N4O5/c1-3-42(4-2)32-22-21-30-25-33(39(47)48-35(30)26-32)38(46)41-24-12-11-23-40-36(44)17-9-10-18-37(45)43-27-31-15-6-5-13-28(31)19-20-29-14-7-8-16-34(29)43/h5-8,13-16,21-22,25-26H,3-4,9-12,17-18,23-24,27H2,1-2H3,(H,40,44)(H,41,46). The van der Waals surface area contributed by atoms with Crippen molar-refractivity contribution in [3.8, 4) is 11.8 Å². The number of nitrogens with zero attached hydrogens (tertiary/aromatic N) is 2. The molecule has 9 heteroatoms. The fourth-order valence-electron chi connectivity index (χ4n) is 5.81. The van der Waals surface area contributed by atoms with E-state index in [9.17, 15) is 19.2 Å². The van der Waals surface area contributed by atoms with E-state index in [0.717, 1.165) is 41.2 Å². The molecule has 9 nitrogen and oxygen atoms in total. The highest BCUT2D eigenvalue weighted by Crippen LogP contribution is 2.26. The van der Waals surface area contributed by atoms with E-state index in [2.05, 4.69) is 41.2 Å². The zero-order valence-corrected chi connectivity index (χ0v) is 27.6. The van der Waals surface area contributed by atoms with Gasteiger partial charge in [0.25, 0.3) is 5.91 Å². The third-order valence-electron chi connectivity index (χ3n) is 8.52. The van der Waals surface area contributed by atoms with Crippen molar-refractivity contribution < 1.29 is 18.8 Å². The van der Waals surface area contributed by atoms with Crippen LogP contribution in [0.25, 0.3) is 11.0 Å². The number of carbonyl (C=O) groups excluding carboxylic acids is 3. The second-order valence-corrected chi connectivity index (χ2v) is 11.8. The van der Waals surface area contributed by atoms with Crippen LogP contribution in [0.3, 0.4) is 0 Å². The molecule has 0 atom stereocenters. The van der Waals surface area contributed by atoms with E-state index in [-0.39, 0.29) is 17.4 Å². The lowest BCUT2D eigenvalue weighted by Crippen LogP contribution is -2.31. The Hall–Kier alpha value is -5.36. The molecule has 0 spiro atoms. The van der Waals surface area contributed by atoms with E-state index in [1.165, 1.54) is 0 Å². The number of amides is 3. The summed E-state index contributed by atoms with van der Waals surface area (Å²) in [6.45, 7) is 7.09. The largest absolute Gasteiger partial charge is 0.422 e. The first-order valence-electron chi connectivity index (χ1n) is 16.7. The Balaban J connectivity index is 1.00. The lowest BCUT2D eigenvalue weighted by atomic mass is 10.0. The molecule has 0 fully saturated rings. The summed E-state index contributed by atoms with van der Waals surface area (Å²) in [5, 5.41) is 6.37. The molecule has 0 saturated heterocycles. The van der Waals surface area contributed by atoms with Gasteiger partial charge < -0.3 is 24.9 Å². The smallest absolute Gasteiger partial charge is 0.349 e. The van der Waals surface area contributed by atoms with Crippen LogP contribution in [0.2, 0.25) is 0 Å². The van der Waals surface area contributed by atoms with Crippen LogP contribution in [0.1, 0.15) is 79.4 Å². The molecule has 0 unspecified atom stereocenters. The number of benzene rings is 3. The summed E-state index contributed by atoms with van der Waals surface area (Å²) in [7, 11) is 0. The van der Waals surface area contributed by atoms with Crippen LogP contribution in [0.15, 0.2) is 82.0 Å². The molecule has 3 aromatic carbocycles. The number of nitrogens with one attached hydrogen (secondary N) is 2. The maximum atomic E-state index is 13.3. The van der Waals surface area contributed by atoms with Gasteiger partial charge in [-0.1, -0.05) is 42.2 Å². The molecule has 5 rings (SSSR count). The normalized spacial score (nSPS) is 11.8. The zero-order valence-electron chi connectivity index (χ0n) is 27.6. The fourth-order valence-corrected chi connectivity index (χ4v) is 5.81. The Bertz CT molecular complexity index is 1900. The number of anilines is 2. The molecule has 1 aliphatic heterocycles. The van der Waals surface area contributed by atoms with Crippen molar-refractivity contribution in [3.63, 3.8) is 0 Å². The molecule has 2 heterocycles. The Morgan fingerprint density at radius 1 is 0.812 bits per heavy atom. The molecule has 0 saturated carbocycles. The Labute approximate surface area is 281 Å². The lowest BCUT2D eigenvalue weighted by Gasteiger charge is -2.26. The molecule has 2 N–H and O–H groups in total. The zero-order chi connectivity index (χ0) is 33.9. The van der Waals surface area contributed by atoms with Crippen LogP contribution in [0.4, 0.5) is 11.4 Å². The van der Waals surface area contributed by atoms with Gasteiger partial charge in [0, 0.05) is 67.3 Å². The lowest BCUT2D eigenvalue weighted by molar-refractivity contribution is -0.122. The van der Waals surface area contributed by atoms with Crippen molar-refractivity contribution in [3.05, 3.63) is 105 Å². The Morgan fingerprint density at radius 3 is 2.29 bits per heavy atom. The van der Waals surface area contributed by atoms with Gasteiger partial charge in [-0.15, -0.1) is 0 Å². The molecular weight excluding hydrogens is 604 g/mol. The Morgan fingerprint density at radius 2 is 1.50 bits per heavy atom. The number of para-hydroxylation sites is 1. The summed E-state index contributed by atoms with van der Waals surface area (Å²) in [5.41, 5.74) is 4.27.